The molecule has 1 aliphatic rings. The highest BCUT2D eigenvalue weighted by molar-refractivity contribution is 7.89. The summed E-state index contributed by atoms with van der Waals surface area (Å²) in [4.78, 5) is 2.96. The van der Waals surface area contributed by atoms with Crippen LogP contribution in [0.3, 0.4) is 0 Å². The van der Waals surface area contributed by atoms with Crippen LogP contribution in [0.1, 0.15) is 18.5 Å². The maximum Gasteiger partial charge on any atom is 0.433 e. The molecule has 9 heteroatoms. The number of hydrogen-bond acceptors (Lipinski definition) is 4. The fourth-order valence-corrected chi connectivity index (χ4v) is 3.95. The minimum absolute atomic E-state index is 0.237. The van der Waals surface area contributed by atoms with Crippen LogP contribution in [0.2, 0.25) is 0 Å². The number of sulfonamides is 1. The Hall–Kier alpha value is -1.19. The normalized spacial score (nSPS) is 20.9. The summed E-state index contributed by atoms with van der Waals surface area (Å²) >= 11 is 0. The van der Waals surface area contributed by atoms with Gasteiger partial charge in [-0.05, 0) is 25.0 Å². The molecule has 1 unspecified atom stereocenters. The molecule has 1 fully saturated rings. The number of rotatable bonds is 4. The number of pyridine rings is 1. The van der Waals surface area contributed by atoms with Gasteiger partial charge in [-0.25, -0.2) is 8.42 Å². The summed E-state index contributed by atoms with van der Waals surface area (Å²) < 4.78 is 68.4. The van der Waals surface area contributed by atoms with Gasteiger partial charge in [0, 0.05) is 25.9 Å². The monoisotopic (exact) mass is 324 g/mol. The van der Waals surface area contributed by atoms with Crippen molar-refractivity contribution < 1.29 is 26.3 Å². The first-order chi connectivity index (χ1) is 9.76. The van der Waals surface area contributed by atoms with E-state index < -0.39 is 21.9 Å². The van der Waals surface area contributed by atoms with Gasteiger partial charge in [-0.15, -0.1) is 0 Å². The van der Waals surface area contributed by atoms with Crippen molar-refractivity contribution in [2.24, 2.45) is 0 Å². The Bertz CT molecular complexity index is 587. The van der Waals surface area contributed by atoms with Gasteiger partial charge in [0.1, 0.15) is 10.6 Å². The highest BCUT2D eigenvalue weighted by atomic mass is 32.2. The fraction of sp³-hybridized carbons (Fsp3) is 0.583. The third-order valence-corrected chi connectivity index (χ3v) is 5.25. The summed E-state index contributed by atoms with van der Waals surface area (Å²) in [6.07, 6.45) is -2.47. The van der Waals surface area contributed by atoms with Crippen LogP contribution in [0.5, 0.6) is 0 Å². The summed E-state index contributed by atoms with van der Waals surface area (Å²) in [7, 11) is -2.37. The average Bonchev–Trinajstić information content (AvgIpc) is 2.87. The first kappa shape index (κ1) is 16.2. The van der Waals surface area contributed by atoms with Gasteiger partial charge in [-0.3, -0.25) is 4.98 Å². The predicted octanol–water partition coefficient (Wildman–Crippen LogP) is 1.90. The first-order valence-corrected chi connectivity index (χ1v) is 7.75. The van der Waals surface area contributed by atoms with Crippen LogP contribution in [0, 0.1) is 0 Å². The van der Waals surface area contributed by atoms with Crippen molar-refractivity contribution in [3.8, 4) is 0 Å². The zero-order valence-electron chi connectivity index (χ0n) is 11.3. The minimum Gasteiger partial charge on any atom is -0.383 e. The van der Waals surface area contributed by atoms with Gasteiger partial charge in [0.25, 0.3) is 0 Å². The zero-order valence-corrected chi connectivity index (χ0v) is 12.1. The number of ether oxygens (including phenoxy) is 1. The third-order valence-electron chi connectivity index (χ3n) is 3.32. The first-order valence-electron chi connectivity index (χ1n) is 6.31. The SMILES string of the molecule is COCC1CCCN1S(=O)(=O)c1ccc(C(F)(F)F)nc1. The Kier molecular flexibility index (Phi) is 4.54. The molecule has 0 radical (unpaired) electrons. The maximum absolute atomic E-state index is 12.4. The lowest BCUT2D eigenvalue weighted by atomic mass is 10.2. The molecular formula is C12H15F3N2O3S. The van der Waals surface area contributed by atoms with Gasteiger partial charge >= 0.3 is 6.18 Å². The third kappa shape index (κ3) is 3.35. The van der Waals surface area contributed by atoms with Crippen molar-refractivity contribution in [1.29, 1.82) is 0 Å². The van der Waals surface area contributed by atoms with Gasteiger partial charge in [0.2, 0.25) is 10.0 Å². The van der Waals surface area contributed by atoms with Crippen LogP contribution in [-0.2, 0) is 20.9 Å². The Morgan fingerprint density at radius 3 is 2.67 bits per heavy atom. The van der Waals surface area contributed by atoms with Gasteiger partial charge in [-0.1, -0.05) is 0 Å². The lowest BCUT2D eigenvalue weighted by Crippen LogP contribution is -2.38. The fourth-order valence-electron chi connectivity index (χ4n) is 2.32. The number of halogens is 3. The minimum atomic E-state index is -4.59. The van der Waals surface area contributed by atoms with E-state index in [1.165, 1.54) is 11.4 Å². The Labute approximate surface area is 120 Å². The van der Waals surface area contributed by atoms with Crippen LogP contribution in [0.15, 0.2) is 23.2 Å². The second-order valence-corrected chi connectivity index (χ2v) is 6.63. The molecule has 2 rings (SSSR count). The van der Waals surface area contributed by atoms with Gasteiger partial charge in [0.05, 0.1) is 6.61 Å². The molecule has 0 aliphatic carbocycles. The Balaban J connectivity index is 2.27. The molecule has 1 saturated heterocycles. The summed E-state index contributed by atoms with van der Waals surface area (Å²) in [5.74, 6) is 0. The second kappa shape index (κ2) is 5.90. The lowest BCUT2D eigenvalue weighted by molar-refractivity contribution is -0.141. The zero-order chi connectivity index (χ0) is 15.7. The standard InChI is InChI=1S/C12H15F3N2O3S/c1-20-8-9-3-2-6-17(9)21(18,19)10-4-5-11(16-7-10)12(13,14)15/h4-5,7,9H,2-3,6,8H2,1H3. The molecule has 1 aromatic heterocycles. The topological polar surface area (TPSA) is 59.5 Å². The molecule has 0 spiro atoms. The van der Waals surface area contributed by atoms with E-state index in [0.29, 0.717) is 25.5 Å². The second-order valence-electron chi connectivity index (χ2n) is 4.74. The molecule has 5 nitrogen and oxygen atoms in total. The predicted molar refractivity (Wildman–Crippen MR) is 68.0 cm³/mol. The summed E-state index contributed by atoms with van der Waals surface area (Å²) in [5.41, 5.74) is -1.11. The summed E-state index contributed by atoms with van der Waals surface area (Å²) in [5, 5.41) is 0. The highest BCUT2D eigenvalue weighted by Crippen LogP contribution is 2.30. The van der Waals surface area contributed by atoms with Crippen LogP contribution in [0.25, 0.3) is 0 Å². The molecule has 0 bridgehead atoms. The molecule has 1 atom stereocenters. The van der Waals surface area contributed by atoms with Crippen LogP contribution < -0.4 is 0 Å². The average molecular weight is 324 g/mol. The number of nitrogens with zero attached hydrogens (tertiary/aromatic N) is 2. The molecule has 2 heterocycles. The largest absolute Gasteiger partial charge is 0.433 e. The molecule has 118 valence electrons. The van der Waals surface area contributed by atoms with E-state index in [9.17, 15) is 21.6 Å². The van der Waals surface area contributed by atoms with Gasteiger partial charge in [0.15, 0.2) is 0 Å². The van der Waals surface area contributed by atoms with Gasteiger partial charge < -0.3 is 4.74 Å². The molecule has 0 saturated carbocycles. The van der Waals surface area contributed by atoms with Crippen molar-refractivity contribution in [2.45, 2.75) is 30.0 Å². The number of methoxy groups -OCH3 is 1. The van der Waals surface area contributed by atoms with Crippen LogP contribution in [-0.4, -0.2) is 44.0 Å². The quantitative estimate of drug-likeness (QED) is 0.849. The Morgan fingerprint density at radius 1 is 1.43 bits per heavy atom. The molecular weight excluding hydrogens is 309 g/mol. The van der Waals surface area contributed by atoms with Gasteiger partial charge in [-0.2, -0.15) is 17.5 Å². The molecule has 21 heavy (non-hydrogen) atoms. The number of alkyl halides is 3. The van der Waals surface area contributed by atoms with Crippen molar-refractivity contribution in [3.05, 3.63) is 24.0 Å². The molecule has 0 aromatic carbocycles. The van der Waals surface area contributed by atoms with Crippen LogP contribution in [0.4, 0.5) is 13.2 Å². The smallest absolute Gasteiger partial charge is 0.383 e. The summed E-state index contributed by atoms with van der Waals surface area (Å²) in [6.45, 7) is 0.588. The highest BCUT2D eigenvalue weighted by Gasteiger charge is 2.37. The van der Waals surface area contributed by atoms with E-state index >= 15 is 0 Å². The molecule has 0 N–H and O–H groups in total. The van der Waals surface area contributed by atoms with Crippen molar-refractivity contribution in [3.63, 3.8) is 0 Å². The maximum atomic E-state index is 12.4. The molecule has 1 aliphatic heterocycles. The molecule has 0 amide bonds. The number of aromatic nitrogens is 1. The van der Waals surface area contributed by atoms with E-state index in [1.54, 1.807) is 0 Å². The lowest BCUT2D eigenvalue weighted by Gasteiger charge is -2.23. The molecule has 1 aromatic rings. The van der Waals surface area contributed by atoms with E-state index in [4.69, 9.17) is 4.74 Å². The van der Waals surface area contributed by atoms with Crippen LogP contribution >= 0.6 is 0 Å². The van der Waals surface area contributed by atoms with E-state index in [0.717, 1.165) is 12.3 Å². The van der Waals surface area contributed by atoms with E-state index in [-0.39, 0.29) is 17.5 Å². The van der Waals surface area contributed by atoms with E-state index in [2.05, 4.69) is 4.98 Å². The van der Waals surface area contributed by atoms with Crippen molar-refractivity contribution in [2.75, 3.05) is 20.3 Å². The Morgan fingerprint density at radius 2 is 2.14 bits per heavy atom. The van der Waals surface area contributed by atoms with E-state index in [1.807, 2.05) is 0 Å². The van der Waals surface area contributed by atoms with Crippen molar-refractivity contribution >= 4 is 10.0 Å². The summed E-state index contributed by atoms with van der Waals surface area (Å²) in [6, 6.07) is 1.32. The van der Waals surface area contributed by atoms with Crippen molar-refractivity contribution in [1.82, 2.24) is 9.29 Å². The number of hydrogen-bond donors (Lipinski definition) is 0.